The third-order valence-corrected chi connectivity index (χ3v) is 3.70. The van der Waals surface area contributed by atoms with Gasteiger partial charge >= 0.3 is 5.97 Å². The van der Waals surface area contributed by atoms with Crippen molar-refractivity contribution in [3.8, 4) is 5.75 Å². The number of para-hydroxylation sites is 1. The molecule has 2 unspecified atom stereocenters. The highest BCUT2D eigenvalue weighted by Gasteiger charge is 2.29. The van der Waals surface area contributed by atoms with E-state index in [1.54, 1.807) is 6.07 Å². The van der Waals surface area contributed by atoms with Gasteiger partial charge in [0.15, 0.2) is 0 Å². The molecule has 1 N–H and O–H groups in total. The quantitative estimate of drug-likeness (QED) is 0.905. The fraction of sp³-hybridized carbons (Fsp3) is 0.500. The van der Waals surface area contributed by atoms with Crippen LogP contribution in [0, 0.1) is 5.92 Å². The standard InChI is InChI=1S/C14H17ClO3/c15-11-6-2-4-8-13(11)18-12-7-3-1-5-10(12)9-14(16)17/h2,4,6,8,10,12H,1,3,5,7,9H2,(H,16,17). The van der Waals surface area contributed by atoms with E-state index in [1.807, 2.05) is 18.2 Å². The Kier molecular flexibility index (Phi) is 4.48. The molecule has 1 fully saturated rings. The molecule has 3 nitrogen and oxygen atoms in total. The van der Waals surface area contributed by atoms with E-state index in [0.717, 1.165) is 25.7 Å². The van der Waals surface area contributed by atoms with Crippen molar-refractivity contribution >= 4 is 17.6 Å². The van der Waals surface area contributed by atoms with Gasteiger partial charge in [-0.05, 0) is 31.4 Å². The number of carboxylic acid groups (broad SMARTS) is 1. The summed E-state index contributed by atoms with van der Waals surface area (Å²) in [6.07, 6.45) is 4.14. The molecule has 0 bridgehead atoms. The summed E-state index contributed by atoms with van der Waals surface area (Å²) in [6.45, 7) is 0. The van der Waals surface area contributed by atoms with Gasteiger partial charge in [0.1, 0.15) is 11.9 Å². The van der Waals surface area contributed by atoms with Crippen molar-refractivity contribution in [3.63, 3.8) is 0 Å². The van der Waals surface area contributed by atoms with E-state index >= 15 is 0 Å². The van der Waals surface area contributed by atoms with Crippen LogP contribution in [0.4, 0.5) is 0 Å². The summed E-state index contributed by atoms with van der Waals surface area (Å²) in [5.74, 6) is -0.0105. The number of rotatable bonds is 4. The first-order chi connectivity index (χ1) is 8.66. The molecule has 0 amide bonds. The smallest absolute Gasteiger partial charge is 0.303 e. The first-order valence-electron chi connectivity index (χ1n) is 6.30. The lowest BCUT2D eigenvalue weighted by atomic mass is 9.84. The number of benzene rings is 1. The Bertz CT molecular complexity index is 419. The van der Waals surface area contributed by atoms with E-state index in [9.17, 15) is 4.79 Å². The van der Waals surface area contributed by atoms with Crippen molar-refractivity contribution in [1.82, 2.24) is 0 Å². The number of carboxylic acids is 1. The third kappa shape index (κ3) is 3.39. The summed E-state index contributed by atoms with van der Waals surface area (Å²) in [5.41, 5.74) is 0. The maximum atomic E-state index is 10.9. The van der Waals surface area contributed by atoms with Gasteiger partial charge < -0.3 is 9.84 Å². The molecule has 0 spiro atoms. The van der Waals surface area contributed by atoms with Gasteiger partial charge in [-0.1, -0.05) is 30.2 Å². The van der Waals surface area contributed by atoms with Gasteiger partial charge in [0, 0.05) is 5.92 Å². The van der Waals surface area contributed by atoms with E-state index in [1.165, 1.54) is 0 Å². The molecular weight excluding hydrogens is 252 g/mol. The van der Waals surface area contributed by atoms with Crippen molar-refractivity contribution in [2.45, 2.75) is 38.2 Å². The summed E-state index contributed by atoms with van der Waals surface area (Å²) < 4.78 is 5.90. The van der Waals surface area contributed by atoms with Crippen molar-refractivity contribution in [1.29, 1.82) is 0 Å². The largest absolute Gasteiger partial charge is 0.489 e. The van der Waals surface area contributed by atoms with Crippen molar-refractivity contribution < 1.29 is 14.6 Å². The van der Waals surface area contributed by atoms with Crippen LogP contribution >= 0.6 is 11.6 Å². The average molecular weight is 269 g/mol. The Hall–Kier alpha value is -1.22. The first kappa shape index (κ1) is 13.2. The molecule has 4 heteroatoms. The minimum Gasteiger partial charge on any atom is -0.489 e. The second kappa shape index (κ2) is 6.10. The highest BCUT2D eigenvalue weighted by Crippen LogP contribution is 2.33. The second-order valence-corrected chi connectivity index (χ2v) is 5.14. The number of halogens is 1. The van der Waals surface area contributed by atoms with Crippen molar-refractivity contribution in [3.05, 3.63) is 29.3 Å². The zero-order chi connectivity index (χ0) is 13.0. The number of aliphatic carboxylic acids is 1. The minimum absolute atomic E-state index is 0.0326. The van der Waals surface area contributed by atoms with E-state index in [0.29, 0.717) is 10.8 Å². The van der Waals surface area contributed by atoms with Crippen LogP contribution in [-0.2, 0) is 4.79 Å². The van der Waals surface area contributed by atoms with Crippen molar-refractivity contribution in [2.24, 2.45) is 5.92 Å². The molecule has 1 aromatic carbocycles. The molecule has 2 rings (SSSR count). The zero-order valence-electron chi connectivity index (χ0n) is 10.1. The SMILES string of the molecule is O=C(O)CC1CCCCC1Oc1ccccc1Cl. The topological polar surface area (TPSA) is 46.5 Å². The summed E-state index contributed by atoms with van der Waals surface area (Å²) in [4.78, 5) is 10.9. The van der Waals surface area contributed by atoms with Gasteiger partial charge in [-0.2, -0.15) is 0 Å². The molecule has 0 saturated heterocycles. The Morgan fingerprint density at radius 1 is 1.33 bits per heavy atom. The fourth-order valence-corrected chi connectivity index (χ4v) is 2.67. The van der Waals surface area contributed by atoms with Gasteiger partial charge in [0.2, 0.25) is 0 Å². The number of hydrogen-bond donors (Lipinski definition) is 1. The van der Waals surface area contributed by atoms with Crippen LogP contribution in [0.5, 0.6) is 5.75 Å². The molecule has 18 heavy (non-hydrogen) atoms. The molecular formula is C14H17ClO3. The van der Waals surface area contributed by atoms with Gasteiger partial charge in [0.25, 0.3) is 0 Å². The highest BCUT2D eigenvalue weighted by molar-refractivity contribution is 6.32. The second-order valence-electron chi connectivity index (χ2n) is 4.73. The number of hydrogen-bond acceptors (Lipinski definition) is 2. The van der Waals surface area contributed by atoms with E-state index in [2.05, 4.69) is 0 Å². The Balaban J connectivity index is 2.05. The maximum Gasteiger partial charge on any atom is 0.303 e. The summed E-state index contributed by atoms with van der Waals surface area (Å²) in [7, 11) is 0. The van der Waals surface area contributed by atoms with Crippen LogP contribution in [0.3, 0.4) is 0 Å². The lowest BCUT2D eigenvalue weighted by Gasteiger charge is -2.31. The molecule has 0 radical (unpaired) electrons. The number of ether oxygens (including phenoxy) is 1. The Morgan fingerprint density at radius 3 is 2.78 bits per heavy atom. The normalized spacial score (nSPS) is 23.6. The predicted octanol–water partition coefficient (Wildman–Crippen LogP) is 3.75. The molecule has 0 heterocycles. The first-order valence-corrected chi connectivity index (χ1v) is 6.67. The lowest BCUT2D eigenvalue weighted by molar-refractivity contribution is -0.139. The molecule has 0 aromatic heterocycles. The zero-order valence-corrected chi connectivity index (χ0v) is 10.9. The van der Waals surface area contributed by atoms with Crippen LogP contribution in [0.1, 0.15) is 32.1 Å². The fourth-order valence-electron chi connectivity index (χ4n) is 2.49. The van der Waals surface area contributed by atoms with Gasteiger partial charge in [-0.15, -0.1) is 0 Å². The monoisotopic (exact) mass is 268 g/mol. The van der Waals surface area contributed by atoms with E-state index < -0.39 is 5.97 Å². The Morgan fingerprint density at radius 2 is 2.06 bits per heavy atom. The van der Waals surface area contributed by atoms with Gasteiger partial charge in [-0.25, -0.2) is 0 Å². The molecule has 1 aliphatic rings. The van der Waals surface area contributed by atoms with Gasteiger partial charge in [0.05, 0.1) is 11.4 Å². The maximum absolute atomic E-state index is 10.9. The minimum atomic E-state index is -0.755. The summed E-state index contributed by atoms with van der Waals surface area (Å²) in [6, 6.07) is 7.34. The van der Waals surface area contributed by atoms with Crippen LogP contribution in [0.15, 0.2) is 24.3 Å². The Labute approximate surface area is 112 Å². The van der Waals surface area contributed by atoms with Gasteiger partial charge in [-0.3, -0.25) is 4.79 Å². The molecule has 98 valence electrons. The molecule has 2 atom stereocenters. The van der Waals surface area contributed by atoms with Crippen LogP contribution in [0.25, 0.3) is 0 Å². The van der Waals surface area contributed by atoms with E-state index in [-0.39, 0.29) is 18.4 Å². The molecule has 1 aromatic rings. The molecule has 1 saturated carbocycles. The summed E-state index contributed by atoms with van der Waals surface area (Å²) in [5, 5.41) is 9.50. The summed E-state index contributed by atoms with van der Waals surface area (Å²) >= 11 is 6.06. The lowest BCUT2D eigenvalue weighted by Crippen LogP contribution is -2.32. The third-order valence-electron chi connectivity index (χ3n) is 3.39. The predicted molar refractivity (Wildman–Crippen MR) is 70.1 cm³/mol. The number of carbonyl (C=O) groups is 1. The average Bonchev–Trinajstić information content (AvgIpc) is 2.34. The van der Waals surface area contributed by atoms with E-state index in [4.69, 9.17) is 21.4 Å². The molecule has 1 aliphatic carbocycles. The van der Waals surface area contributed by atoms with Crippen LogP contribution in [-0.4, -0.2) is 17.2 Å². The highest BCUT2D eigenvalue weighted by atomic mass is 35.5. The molecule has 0 aliphatic heterocycles. The van der Waals surface area contributed by atoms with Crippen LogP contribution < -0.4 is 4.74 Å². The van der Waals surface area contributed by atoms with Crippen molar-refractivity contribution in [2.75, 3.05) is 0 Å². The van der Waals surface area contributed by atoms with Crippen LogP contribution in [0.2, 0.25) is 5.02 Å².